The van der Waals surface area contributed by atoms with Gasteiger partial charge in [0.05, 0.1) is 6.04 Å². The van der Waals surface area contributed by atoms with Gasteiger partial charge < -0.3 is 9.88 Å². The lowest BCUT2D eigenvalue weighted by Gasteiger charge is -2.14. The molecule has 1 aromatic carbocycles. The molecule has 1 N–H and O–H groups in total. The molecule has 4 nitrogen and oxygen atoms in total. The van der Waals surface area contributed by atoms with E-state index in [1.807, 2.05) is 31.2 Å². The lowest BCUT2D eigenvalue weighted by atomic mass is 10.1. The summed E-state index contributed by atoms with van der Waals surface area (Å²) in [6.45, 7) is 1.90. The first-order valence-corrected chi connectivity index (χ1v) is 6.99. The van der Waals surface area contributed by atoms with Crippen molar-refractivity contribution in [2.45, 2.75) is 13.0 Å². The Hall–Kier alpha value is -1.88. The summed E-state index contributed by atoms with van der Waals surface area (Å²) in [4.78, 5) is 23.6. The monoisotopic (exact) mass is 334 g/mol. The number of hydrogen-bond donors (Lipinski definition) is 1. The van der Waals surface area contributed by atoms with E-state index in [-0.39, 0.29) is 17.5 Å². The van der Waals surface area contributed by atoms with E-state index in [0.29, 0.717) is 5.56 Å². The number of rotatable bonds is 3. The molecule has 0 saturated heterocycles. The van der Waals surface area contributed by atoms with Gasteiger partial charge in [-0.1, -0.05) is 28.1 Å². The molecule has 5 heteroatoms. The second kappa shape index (κ2) is 6.05. The third kappa shape index (κ3) is 3.36. The van der Waals surface area contributed by atoms with E-state index in [1.165, 1.54) is 10.6 Å². The molecule has 20 heavy (non-hydrogen) atoms. The average Bonchev–Trinajstić information content (AvgIpc) is 2.42. The highest BCUT2D eigenvalue weighted by Crippen LogP contribution is 2.16. The van der Waals surface area contributed by atoms with Crippen molar-refractivity contribution in [1.82, 2.24) is 9.88 Å². The second-order valence-corrected chi connectivity index (χ2v) is 5.53. The molecule has 2 aromatic rings. The molecule has 0 fully saturated rings. The van der Waals surface area contributed by atoms with Gasteiger partial charge in [0.2, 0.25) is 0 Å². The maximum Gasteiger partial charge on any atom is 0.252 e. The minimum atomic E-state index is -0.252. The zero-order valence-corrected chi connectivity index (χ0v) is 12.8. The third-order valence-corrected chi connectivity index (χ3v) is 3.61. The zero-order chi connectivity index (χ0) is 14.7. The number of amides is 1. The van der Waals surface area contributed by atoms with Crippen LogP contribution in [0.2, 0.25) is 0 Å². The van der Waals surface area contributed by atoms with Crippen LogP contribution < -0.4 is 10.9 Å². The minimum absolute atomic E-state index is 0.125. The van der Waals surface area contributed by atoms with E-state index in [2.05, 4.69) is 21.2 Å². The van der Waals surface area contributed by atoms with E-state index in [9.17, 15) is 9.59 Å². The first-order valence-electron chi connectivity index (χ1n) is 6.20. The van der Waals surface area contributed by atoms with Crippen molar-refractivity contribution < 1.29 is 4.79 Å². The van der Waals surface area contributed by atoms with Crippen LogP contribution in [0.3, 0.4) is 0 Å². The van der Waals surface area contributed by atoms with E-state index in [4.69, 9.17) is 0 Å². The molecule has 104 valence electrons. The summed E-state index contributed by atoms with van der Waals surface area (Å²) in [7, 11) is 1.65. The van der Waals surface area contributed by atoms with Gasteiger partial charge in [-0.05, 0) is 30.7 Å². The third-order valence-electron chi connectivity index (χ3n) is 3.08. The zero-order valence-electron chi connectivity index (χ0n) is 11.3. The van der Waals surface area contributed by atoms with Crippen molar-refractivity contribution in [2.24, 2.45) is 7.05 Å². The Balaban J connectivity index is 2.12. The maximum absolute atomic E-state index is 12.1. The van der Waals surface area contributed by atoms with E-state index < -0.39 is 0 Å². The number of halogens is 1. The summed E-state index contributed by atoms with van der Waals surface area (Å²) in [5.41, 5.74) is 1.18. The van der Waals surface area contributed by atoms with Gasteiger partial charge in [0.15, 0.2) is 0 Å². The molecule has 0 unspecified atom stereocenters. The Labute approximate surface area is 125 Å². The number of carbonyl (C=O) groups excluding carboxylic acids is 1. The Kier molecular flexibility index (Phi) is 4.39. The normalized spacial score (nSPS) is 11.9. The number of aryl methyl sites for hydroxylation is 1. The lowest BCUT2D eigenvalue weighted by molar-refractivity contribution is 0.0939. The Bertz CT molecular complexity index is 677. The predicted octanol–water partition coefficient (Wildman–Crippen LogP) is 2.64. The molecule has 0 saturated carbocycles. The quantitative estimate of drug-likeness (QED) is 0.938. The van der Waals surface area contributed by atoms with Crippen molar-refractivity contribution in [3.05, 3.63) is 68.5 Å². The van der Waals surface area contributed by atoms with Crippen LogP contribution >= 0.6 is 15.9 Å². The summed E-state index contributed by atoms with van der Waals surface area (Å²) in [5, 5.41) is 2.88. The standard InChI is InChI=1S/C15H15BrN2O2/c1-10(11-3-5-13(16)6-4-11)17-15(20)12-7-8-18(2)14(19)9-12/h3-10H,1-2H3,(H,17,20)/t10-/m0/s1. The van der Waals surface area contributed by atoms with Gasteiger partial charge >= 0.3 is 0 Å². The smallest absolute Gasteiger partial charge is 0.252 e. The number of hydrogen-bond acceptors (Lipinski definition) is 2. The van der Waals surface area contributed by atoms with Crippen LogP contribution in [-0.2, 0) is 7.05 Å². The highest BCUT2D eigenvalue weighted by Gasteiger charge is 2.12. The summed E-state index contributed by atoms with van der Waals surface area (Å²) in [6.07, 6.45) is 1.58. The lowest BCUT2D eigenvalue weighted by Crippen LogP contribution is -2.28. The van der Waals surface area contributed by atoms with Crippen LogP contribution in [-0.4, -0.2) is 10.5 Å². The largest absolute Gasteiger partial charge is 0.346 e. The molecule has 0 bridgehead atoms. The predicted molar refractivity (Wildman–Crippen MR) is 81.7 cm³/mol. The number of benzene rings is 1. The molecule has 1 heterocycles. The fourth-order valence-corrected chi connectivity index (χ4v) is 2.07. The van der Waals surface area contributed by atoms with Gasteiger partial charge in [-0.2, -0.15) is 0 Å². The average molecular weight is 335 g/mol. The summed E-state index contributed by atoms with van der Waals surface area (Å²) >= 11 is 3.37. The first kappa shape index (κ1) is 14.5. The molecule has 0 radical (unpaired) electrons. The number of nitrogens with zero attached hydrogens (tertiary/aromatic N) is 1. The van der Waals surface area contributed by atoms with Gasteiger partial charge in [0.25, 0.3) is 11.5 Å². The van der Waals surface area contributed by atoms with Crippen molar-refractivity contribution in [1.29, 1.82) is 0 Å². The van der Waals surface area contributed by atoms with Crippen molar-refractivity contribution in [3.8, 4) is 0 Å². The Morgan fingerprint density at radius 1 is 1.25 bits per heavy atom. The van der Waals surface area contributed by atoms with Gasteiger partial charge in [0, 0.05) is 29.3 Å². The van der Waals surface area contributed by atoms with Crippen LogP contribution in [0.25, 0.3) is 0 Å². The fraction of sp³-hybridized carbons (Fsp3) is 0.200. The summed E-state index contributed by atoms with van der Waals surface area (Å²) < 4.78 is 2.42. The van der Waals surface area contributed by atoms with Crippen LogP contribution in [0.15, 0.2) is 51.9 Å². The molecule has 1 amide bonds. The number of nitrogens with one attached hydrogen (secondary N) is 1. The molecule has 0 aliphatic rings. The number of pyridine rings is 1. The molecular weight excluding hydrogens is 320 g/mol. The van der Waals surface area contributed by atoms with Crippen molar-refractivity contribution in [2.75, 3.05) is 0 Å². The van der Waals surface area contributed by atoms with Crippen molar-refractivity contribution >= 4 is 21.8 Å². The second-order valence-electron chi connectivity index (χ2n) is 4.61. The molecule has 0 aliphatic heterocycles. The Morgan fingerprint density at radius 2 is 1.90 bits per heavy atom. The summed E-state index contributed by atoms with van der Waals surface area (Å²) in [5.74, 6) is -0.252. The van der Waals surface area contributed by atoms with Gasteiger partial charge in [-0.25, -0.2) is 0 Å². The molecule has 0 aliphatic carbocycles. The minimum Gasteiger partial charge on any atom is -0.346 e. The SMILES string of the molecule is C[C@H](NC(=O)c1ccn(C)c(=O)c1)c1ccc(Br)cc1. The molecular formula is C15H15BrN2O2. The van der Waals surface area contributed by atoms with Crippen LogP contribution in [0.5, 0.6) is 0 Å². The maximum atomic E-state index is 12.1. The van der Waals surface area contributed by atoms with E-state index in [1.54, 1.807) is 19.3 Å². The number of aromatic nitrogens is 1. The van der Waals surface area contributed by atoms with Crippen LogP contribution in [0.1, 0.15) is 28.9 Å². The van der Waals surface area contributed by atoms with Crippen LogP contribution in [0.4, 0.5) is 0 Å². The van der Waals surface area contributed by atoms with Gasteiger partial charge in [-0.15, -0.1) is 0 Å². The first-order chi connectivity index (χ1) is 9.47. The Morgan fingerprint density at radius 3 is 2.50 bits per heavy atom. The van der Waals surface area contributed by atoms with Gasteiger partial charge in [-0.3, -0.25) is 9.59 Å². The van der Waals surface area contributed by atoms with E-state index >= 15 is 0 Å². The molecule has 1 atom stereocenters. The molecule has 0 spiro atoms. The highest BCUT2D eigenvalue weighted by atomic mass is 79.9. The topological polar surface area (TPSA) is 51.1 Å². The fourth-order valence-electron chi connectivity index (χ4n) is 1.80. The van der Waals surface area contributed by atoms with Crippen LogP contribution in [0, 0.1) is 0 Å². The molecule has 2 rings (SSSR count). The number of carbonyl (C=O) groups is 1. The van der Waals surface area contributed by atoms with Gasteiger partial charge in [0.1, 0.15) is 0 Å². The highest BCUT2D eigenvalue weighted by molar-refractivity contribution is 9.10. The summed E-state index contributed by atoms with van der Waals surface area (Å²) in [6, 6.07) is 10.6. The molecule has 1 aromatic heterocycles. The van der Waals surface area contributed by atoms with E-state index in [0.717, 1.165) is 10.0 Å². The van der Waals surface area contributed by atoms with Crippen molar-refractivity contribution in [3.63, 3.8) is 0 Å².